The second kappa shape index (κ2) is 9.85. The van der Waals surface area contributed by atoms with Gasteiger partial charge in [0.2, 0.25) is 0 Å². The lowest BCUT2D eigenvalue weighted by atomic mass is 9.96. The molecule has 0 unspecified atom stereocenters. The summed E-state index contributed by atoms with van der Waals surface area (Å²) < 4.78 is 67.9. The van der Waals surface area contributed by atoms with Crippen molar-refractivity contribution in [2.45, 2.75) is 32.3 Å². The van der Waals surface area contributed by atoms with Gasteiger partial charge in [-0.3, -0.25) is 0 Å². The van der Waals surface area contributed by atoms with E-state index >= 15 is 0 Å². The summed E-state index contributed by atoms with van der Waals surface area (Å²) >= 11 is 0. The van der Waals surface area contributed by atoms with Crippen LogP contribution < -0.4 is 9.50 Å². The highest BCUT2D eigenvalue weighted by Gasteiger charge is 2.49. The molecule has 5 aromatic rings. The predicted molar refractivity (Wildman–Crippen MR) is 146 cm³/mol. The van der Waals surface area contributed by atoms with Crippen molar-refractivity contribution in [1.29, 1.82) is 0 Å². The van der Waals surface area contributed by atoms with E-state index in [0.29, 0.717) is 27.7 Å². The number of nitrogens with zero attached hydrogens (tertiary/aromatic N) is 2. The molecule has 1 aromatic heterocycles. The van der Waals surface area contributed by atoms with Crippen LogP contribution in [-0.4, -0.2) is 24.1 Å². The first-order chi connectivity index (χ1) is 18.5. The lowest BCUT2D eigenvalue weighted by Gasteiger charge is -2.20. The summed E-state index contributed by atoms with van der Waals surface area (Å²) in [5.41, 5.74) is -2.85. The normalized spacial score (nSPS) is 13.0. The Morgan fingerprint density at radius 1 is 0.795 bits per heavy atom. The van der Waals surface area contributed by atoms with E-state index in [1.807, 2.05) is 56.3 Å². The number of rotatable bonds is 6. The van der Waals surface area contributed by atoms with E-state index in [9.17, 15) is 21.6 Å². The van der Waals surface area contributed by atoms with Crippen molar-refractivity contribution in [2.24, 2.45) is 0 Å². The molecule has 1 heterocycles. The van der Waals surface area contributed by atoms with Gasteiger partial charge in [0, 0.05) is 0 Å². The van der Waals surface area contributed by atoms with E-state index in [4.69, 9.17) is 0 Å². The average molecular weight is 552 g/mol. The molecule has 1 atom stereocenters. The Balaban J connectivity index is 1.59. The summed E-state index contributed by atoms with van der Waals surface area (Å²) in [7, 11) is -5.91. The van der Waals surface area contributed by atoms with Crippen molar-refractivity contribution in [3.63, 3.8) is 0 Å². The molecule has 0 amide bonds. The van der Waals surface area contributed by atoms with Gasteiger partial charge in [0.05, 0.1) is 11.6 Å². The highest BCUT2D eigenvalue weighted by Crippen LogP contribution is 2.41. The van der Waals surface area contributed by atoms with Gasteiger partial charge in [-0.1, -0.05) is 72.8 Å². The van der Waals surface area contributed by atoms with Crippen LogP contribution in [0.3, 0.4) is 0 Å². The van der Waals surface area contributed by atoms with Crippen LogP contribution in [-0.2, 0) is 10.1 Å². The van der Waals surface area contributed by atoms with Crippen molar-refractivity contribution in [3.8, 4) is 17.0 Å². The first-order valence-electron chi connectivity index (χ1n) is 12.1. The van der Waals surface area contributed by atoms with E-state index in [1.165, 1.54) is 12.1 Å². The number of anilines is 1. The number of hydrogen-bond acceptors (Lipinski definition) is 6. The molecular formula is C29H24F3N3O3S. The maximum Gasteiger partial charge on any atom is 0.534 e. The molecule has 0 bridgehead atoms. The summed E-state index contributed by atoms with van der Waals surface area (Å²) in [6.07, 6.45) is 0. The van der Waals surface area contributed by atoms with Crippen LogP contribution in [0.15, 0.2) is 78.9 Å². The minimum atomic E-state index is -5.91. The molecular weight excluding hydrogens is 527 g/mol. The maximum atomic E-state index is 13.2. The summed E-state index contributed by atoms with van der Waals surface area (Å²) in [4.78, 5) is 0. The van der Waals surface area contributed by atoms with Crippen LogP contribution in [0.1, 0.15) is 29.7 Å². The molecule has 5 rings (SSSR count). The van der Waals surface area contributed by atoms with Gasteiger partial charge in [-0.2, -0.15) is 21.6 Å². The quantitative estimate of drug-likeness (QED) is 0.174. The van der Waals surface area contributed by atoms with Crippen molar-refractivity contribution in [2.75, 3.05) is 5.32 Å². The number of fused-ring (bicyclic) bond motifs is 2. The van der Waals surface area contributed by atoms with Crippen LogP contribution in [0.25, 0.3) is 32.8 Å². The molecule has 0 fully saturated rings. The van der Waals surface area contributed by atoms with Crippen LogP contribution >= 0.6 is 0 Å². The SMILES string of the molecule is Cc1c(N[C@@H](C)c2cccc3ccccc23)nnc(-c2c(OS(=O)(=O)C(F)(F)F)ccc3ccccc23)c1C. The molecule has 0 saturated carbocycles. The Labute approximate surface area is 223 Å². The van der Waals surface area contributed by atoms with E-state index < -0.39 is 21.4 Å². The molecule has 0 aliphatic heterocycles. The largest absolute Gasteiger partial charge is 0.534 e. The van der Waals surface area contributed by atoms with Crippen LogP contribution in [0.2, 0.25) is 0 Å². The highest BCUT2D eigenvalue weighted by molar-refractivity contribution is 7.88. The Morgan fingerprint density at radius 2 is 1.41 bits per heavy atom. The second-order valence-corrected chi connectivity index (χ2v) is 10.8. The van der Waals surface area contributed by atoms with Gasteiger partial charge in [-0.15, -0.1) is 10.2 Å². The summed E-state index contributed by atoms with van der Waals surface area (Å²) in [5.74, 6) is 0.0231. The summed E-state index contributed by atoms with van der Waals surface area (Å²) in [6.45, 7) is 5.59. The fraction of sp³-hybridized carbons (Fsp3) is 0.172. The van der Waals surface area contributed by atoms with E-state index in [0.717, 1.165) is 16.3 Å². The minimum Gasteiger partial charge on any atom is -0.375 e. The van der Waals surface area contributed by atoms with Crippen molar-refractivity contribution in [1.82, 2.24) is 10.2 Å². The van der Waals surface area contributed by atoms with Crippen molar-refractivity contribution >= 4 is 37.5 Å². The van der Waals surface area contributed by atoms with Crippen molar-refractivity contribution in [3.05, 3.63) is 95.6 Å². The zero-order valence-electron chi connectivity index (χ0n) is 21.2. The topological polar surface area (TPSA) is 81.2 Å². The fourth-order valence-electron chi connectivity index (χ4n) is 4.62. The molecule has 6 nitrogen and oxygen atoms in total. The lowest BCUT2D eigenvalue weighted by Crippen LogP contribution is -2.28. The molecule has 0 aliphatic carbocycles. The minimum absolute atomic E-state index is 0.114. The van der Waals surface area contributed by atoms with Crippen LogP contribution in [0.4, 0.5) is 19.0 Å². The van der Waals surface area contributed by atoms with Crippen LogP contribution in [0.5, 0.6) is 5.75 Å². The molecule has 0 aliphatic rings. The molecule has 4 aromatic carbocycles. The zero-order chi connectivity index (χ0) is 27.9. The molecule has 39 heavy (non-hydrogen) atoms. The van der Waals surface area contributed by atoms with Gasteiger partial charge in [0.25, 0.3) is 0 Å². The van der Waals surface area contributed by atoms with Gasteiger partial charge in [0.15, 0.2) is 11.6 Å². The lowest BCUT2D eigenvalue weighted by molar-refractivity contribution is -0.0499. The molecule has 10 heteroatoms. The third-order valence-corrected chi connectivity index (χ3v) is 7.74. The number of hydrogen-bond donors (Lipinski definition) is 1. The van der Waals surface area contributed by atoms with Gasteiger partial charge < -0.3 is 9.50 Å². The average Bonchev–Trinajstić information content (AvgIpc) is 2.90. The zero-order valence-corrected chi connectivity index (χ0v) is 22.1. The smallest absolute Gasteiger partial charge is 0.375 e. The first kappa shape index (κ1) is 26.4. The number of halogens is 3. The molecule has 0 spiro atoms. The van der Waals surface area contributed by atoms with E-state index in [1.54, 1.807) is 31.2 Å². The van der Waals surface area contributed by atoms with Gasteiger partial charge in [-0.05, 0) is 65.1 Å². The predicted octanol–water partition coefficient (Wildman–Crippen LogP) is 7.47. The van der Waals surface area contributed by atoms with Crippen molar-refractivity contribution < 1.29 is 25.8 Å². The van der Waals surface area contributed by atoms with E-state index in [-0.39, 0.29) is 17.3 Å². The monoisotopic (exact) mass is 551 g/mol. The van der Waals surface area contributed by atoms with E-state index in [2.05, 4.69) is 19.7 Å². The number of aromatic nitrogens is 2. The summed E-state index contributed by atoms with van der Waals surface area (Å²) in [5, 5.41) is 15.5. The van der Waals surface area contributed by atoms with Gasteiger partial charge in [-0.25, -0.2) is 0 Å². The van der Waals surface area contributed by atoms with Gasteiger partial charge >= 0.3 is 15.6 Å². The Bertz CT molecular complexity index is 1820. The summed E-state index contributed by atoms with van der Waals surface area (Å²) in [6, 6.07) is 23.6. The Hall–Kier alpha value is -4.18. The van der Waals surface area contributed by atoms with Gasteiger partial charge in [0.1, 0.15) is 5.69 Å². The highest BCUT2D eigenvalue weighted by atomic mass is 32.2. The molecule has 200 valence electrons. The first-order valence-corrected chi connectivity index (χ1v) is 13.5. The molecule has 1 N–H and O–H groups in total. The third kappa shape index (κ3) is 4.87. The Kier molecular flexibility index (Phi) is 6.67. The fourth-order valence-corrected chi connectivity index (χ4v) is 5.09. The molecule has 0 saturated heterocycles. The standard InChI is InChI=1S/C29H24F3N3O3S/c1-17-18(2)28(33-19(3)22-14-8-11-20-9-4-6-12-23(20)22)35-34-27(17)26-24-13-7-5-10-21(24)15-16-25(26)38-39(36,37)29(30,31)32/h4-16,19H,1-3H3,(H,33,35)/t19-/m0/s1. The number of nitrogens with one attached hydrogen (secondary N) is 1. The molecule has 0 radical (unpaired) electrons. The number of benzene rings is 4. The number of alkyl halides is 3. The van der Waals surface area contributed by atoms with Crippen LogP contribution in [0, 0.1) is 13.8 Å². The second-order valence-electron chi connectivity index (χ2n) is 9.22. The Morgan fingerprint density at radius 3 is 2.10 bits per heavy atom. The third-order valence-electron chi connectivity index (χ3n) is 6.78. The maximum absolute atomic E-state index is 13.2.